The summed E-state index contributed by atoms with van der Waals surface area (Å²) in [4.78, 5) is 26.5. The lowest BCUT2D eigenvalue weighted by Gasteiger charge is -2.15. The zero-order valence-electron chi connectivity index (χ0n) is 24.4. The number of nitrogens with one attached hydrogen (secondary N) is 1. The molecule has 5 N–H and O–H groups in total. The molecule has 0 bridgehead atoms. The SMILES string of the molecule is NC(=O)CC(N)C(=O)NCCCOc1ccc(-c2sc3ccccc3c2Cc2ccc(OCCN3CCCC3)cc2)cc1. The molecule has 1 unspecified atom stereocenters. The Morgan fingerprint density at radius 1 is 0.907 bits per heavy atom. The summed E-state index contributed by atoms with van der Waals surface area (Å²) in [5.74, 6) is 0.700. The molecular weight excluding hydrogens is 560 g/mol. The topological polar surface area (TPSA) is 120 Å². The van der Waals surface area contributed by atoms with Gasteiger partial charge in [-0.3, -0.25) is 14.5 Å². The lowest BCUT2D eigenvalue weighted by Crippen LogP contribution is -2.43. The second-order valence-corrected chi connectivity index (χ2v) is 12.0. The standard InChI is InChI=1S/C34H40N4O4S/c35-30(23-32(36)39)34(40)37-16-5-20-41-27-14-10-25(11-15-27)33-29(28-6-1-2-7-31(28)43-33)22-24-8-12-26(13-9-24)42-21-19-38-17-3-4-18-38/h1-2,6-15,30H,3-5,16-23,35H2,(H2,36,39)(H,37,40). The van der Waals surface area contributed by atoms with Crippen LogP contribution in [0, 0.1) is 0 Å². The highest BCUT2D eigenvalue weighted by Gasteiger charge is 2.16. The molecular formula is C34H40N4O4S. The van der Waals surface area contributed by atoms with Crippen LogP contribution in [0.4, 0.5) is 0 Å². The minimum atomic E-state index is -0.923. The zero-order valence-corrected chi connectivity index (χ0v) is 25.2. The van der Waals surface area contributed by atoms with Gasteiger partial charge in [0.1, 0.15) is 18.1 Å². The molecule has 2 amide bonds. The smallest absolute Gasteiger partial charge is 0.237 e. The Kier molecular flexibility index (Phi) is 10.7. The number of carbonyl (C=O) groups excluding carboxylic acids is 2. The average Bonchev–Trinajstić information content (AvgIpc) is 3.66. The summed E-state index contributed by atoms with van der Waals surface area (Å²) in [5, 5.41) is 3.99. The molecule has 1 aliphatic rings. The van der Waals surface area contributed by atoms with Crippen LogP contribution in [-0.2, 0) is 16.0 Å². The first-order chi connectivity index (χ1) is 21.0. The van der Waals surface area contributed by atoms with Crippen molar-refractivity contribution in [2.75, 3.05) is 39.4 Å². The third-order valence-corrected chi connectivity index (χ3v) is 8.90. The van der Waals surface area contributed by atoms with Gasteiger partial charge in [0.25, 0.3) is 0 Å². The summed E-state index contributed by atoms with van der Waals surface area (Å²) in [6.45, 7) is 4.93. The van der Waals surface area contributed by atoms with Crippen molar-refractivity contribution in [1.29, 1.82) is 0 Å². The lowest BCUT2D eigenvalue weighted by atomic mass is 9.99. The number of primary amides is 1. The maximum absolute atomic E-state index is 11.9. The molecule has 5 rings (SSSR count). The molecule has 0 aliphatic carbocycles. The summed E-state index contributed by atoms with van der Waals surface area (Å²) >= 11 is 1.81. The van der Waals surface area contributed by atoms with E-state index in [1.54, 1.807) is 0 Å². The van der Waals surface area contributed by atoms with Gasteiger partial charge in [0.05, 0.1) is 19.1 Å². The summed E-state index contributed by atoms with van der Waals surface area (Å²) < 4.78 is 13.2. The van der Waals surface area contributed by atoms with Crippen molar-refractivity contribution in [3.63, 3.8) is 0 Å². The predicted molar refractivity (Wildman–Crippen MR) is 173 cm³/mol. The van der Waals surface area contributed by atoms with Gasteiger partial charge in [-0.2, -0.15) is 0 Å². The normalized spacial score (nSPS) is 14.1. The van der Waals surface area contributed by atoms with E-state index in [1.165, 1.54) is 52.0 Å². The van der Waals surface area contributed by atoms with Crippen molar-refractivity contribution in [3.8, 4) is 21.9 Å². The van der Waals surface area contributed by atoms with Crippen LogP contribution >= 0.6 is 11.3 Å². The number of benzene rings is 3. The molecule has 0 radical (unpaired) electrons. The summed E-state index contributed by atoms with van der Waals surface area (Å²) in [6.07, 6.45) is 3.87. The molecule has 1 aromatic heterocycles. The largest absolute Gasteiger partial charge is 0.494 e. The molecule has 4 aromatic rings. The molecule has 1 fully saturated rings. The van der Waals surface area contributed by atoms with Gasteiger partial charge in [-0.05, 0) is 103 Å². The molecule has 1 aliphatic heterocycles. The van der Waals surface area contributed by atoms with E-state index in [1.807, 2.05) is 23.5 Å². The second kappa shape index (κ2) is 15.0. The molecule has 9 heteroatoms. The Bertz CT molecular complexity index is 1500. The fraction of sp³-hybridized carbons (Fsp3) is 0.353. The summed E-state index contributed by atoms with van der Waals surface area (Å²) in [5.41, 5.74) is 14.5. The number of nitrogens with zero attached hydrogens (tertiary/aromatic N) is 1. The molecule has 2 heterocycles. The van der Waals surface area contributed by atoms with Gasteiger partial charge in [-0.15, -0.1) is 11.3 Å². The number of ether oxygens (including phenoxy) is 2. The van der Waals surface area contributed by atoms with Gasteiger partial charge < -0.3 is 26.3 Å². The van der Waals surface area contributed by atoms with Crippen molar-refractivity contribution >= 4 is 33.2 Å². The van der Waals surface area contributed by atoms with E-state index in [2.05, 4.69) is 70.9 Å². The van der Waals surface area contributed by atoms with Crippen LogP contribution in [0.15, 0.2) is 72.8 Å². The van der Waals surface area contributed by atoms with Gasteiger partial charge in [-0.1, -0.05) is 30.3 Å². The highest BCUT2D eigenvalue weighted by Crippen LogP contribution is 2.40. The van der Waals surface area contributed by atoms with E-state index in [0.717, 1.165) is 36.6 Å². The molecule has 1 atom stereocenters. The Morgan fingerprint density at radius 3 is 2.30 bits per heavy atom. The van der Waals surface area contributed by atoms with E-state index in [4.69, 9.17) is 20.9 Å². The third kappa shape index (κ3) is 8.56. The highest BCUT2D eigenvalue weighted by molar-refractivity contribution is 7.22. The maximum Gasteiger partial charge on any atom is 0.237 e. The first kappa shape index (κ1) is 30.5. The maximum atomic E-state index is 11.9. The zero-order chi connectivity index (χ0) is 30.0. The van der Waals surface area contributed by atoms with Gasteiger partial charge in [0.15, 0.2) is 0 Å². The van der Waals surface area contributed by atoms with E-state index in [9.17, 15) is 9.59 Å². The van der Waals surface area contributed by atoms with Crippen LogP contribution < -0.4 is 26.3 Å². The molecule has 0 saturated carbocycles. The number of carbonyl (C=O) groups is 2. The minimum absolute atomic E-state index is 0.170. The molecule has 43 heavy (non-hydrogen) atoms. The van der Waals surface area contributed by atoms with Crippen molar-refractivity contribution in [2.45, 2.75) is 38.1 Å². The molecule has 226 valence electrons. The number of fused-ring (bicyclic) bond motifs is 1. The quantitative estimate of drug-likeness (QED) is 0.170. The van der Waals surface area contributed by atoms with Gasteiger partial charge >= 0.3 is 0 Å². The number of likely N-dealkylation sites (tertiary alicyclic amines) is 1. The molecule has 8 nitrogen and oxygen atoms in total. The minimum Gasteiger partial charge on any atom is -0.494 e. The number of rotatable bonds is 15. The van der Waals surface area contributed by atoms with E-state index < -0.39 is 11.9 Å². The van der Waals surface area contributed by atoms with Crippen LogP contribution in [-0.4, -0.2) is 62.1 Å². The first-order valence-electron chi connectivity index (χ1n) is 15.0. The fourth-order valence-electron chi connectivity index (χ4n) is 5.33. The fourth-order valence-corrected chi connectivity index (χ4v) is 6.56. The molecule has 3 aromatic carbocycles. The number of hydrogen-bond acceptors (Lipinski definition) is 7. The highest BCUT2D eigenvalue weighted by atomic mass is 32.1. The lowest BCUT2D eigenvalue weighted by molar-refractivity contribution is -0.126. The monoisotopic (exact) mass is 600 g/mol. The van der Waals surface area contributed by atoms with Crippen LogP contribution in [0.25, 0.3) is 20.5 Å². The van der Waals surface area contributed by atoms with Crippen molar-refractivity contribution < 1.29 is 19.1 Å². The summed E-state index contributed by atoms with van der Waals surface area (Å²) in [7, 11) is 0. The number of hydrogen-bond donors (Lipinski definition) is 3. The van der Waals surface area contributed by atoms with Crippen LogP contribution in [0.1, 0.15) is 36.8 Å². The molecule has 1 saturated heterocycles. The number of amides is 2. The van der Waals surface area contributed by atoms with Crippen molar-refractivity contribution in [3.05, 3.63) is 83.9 Å². The Hall–Kier alpha value is -3.92. The Morgan fingerprint density at radius 2 is 1.58 bits per heavy atom. The van der Waals surface area contributed by atoms with Gasteiger partial charge in [0, 0.05) is 22.7 Å². The predicted octanol–water partition coefficient (Wildman–Crippen LogP) is 4.72. The van der Waals surface area contributed by atoms with Gasteiger partial charge in [-0.25, -0.2) is 0 Å². The number of nitrogens with two attached hydrogens (primary N) is 2. The summed E-state index contributed by atoms with van der Waals surface area (Å²) in [6, 6.07) is 24.3. The van der Waals surface area contributed by atoms with Crippen LogP contribution in [0.5, 0.6) is 11.5 Å². The van der Waals surface area contributed by atoms with Crippen LogP contribution in [0.3, 0.4) is 0 Å². The third-order valence-electron chi connectivity index (χ3n) is 7.64. The van der Waals surface area contributed by atoms with Crippen molar-refractivity contribution in [2.24, 2.45) is 11.5 Å². The second-order valence-electron chi connectivity index (χ2n) is 10.9. The number of thiophene rings is 1. The van der Waals surface area contributed by atoms with E-state index >= 15 is 0 Å². The Labute approximate surface area is 257 Å². The van der Waals surface area contributed by atoms with E-state index in [0.29, 0.717) is 19.6 Å². The van der Waals surface area contributed by atoms with Crippen LogP contribution in [0.2, 0.25) is 0 Å². The average molecular weight is 601 g/mol. The molecule has 0 spiro atoms. The Balaban J connectivity index is 1.17. The van der Waals surface area contributed by atoms with E-state index in [-0.39, 0.29) is 12.3 Å². The van der Waals surface area contributed by atoms with Crippen molar-refractivity contribution in [1.82, 2.24) is 10.2 Å². The van der Waals surface area contributed by atoms with Gasteiger partial charge in [0.2, 0.25) is 11.8 Å². The first-order valence-corrected chi connectivity index (χ1v) is 15.8.